The first-order chi connectivity index (χ1) is 14.9. The average molecular weight is 441 g/mol. The van der Waals surface area contributed by atoms with Crippen molar-refractivity contribution in [1.82, 2.24) is 30.8 Å². The van der Waals surface area contributed by atoms with E-state index in [1.807, 2.05) is 31.2 Å². The molecule has 4 fully saturated rings. The Kier molecular flexibility index (Phi) is 5.24. The lowest BCUT2D eigenvalue weighted by Crippen LogP contribution is -2.62. The van der Waals surface area contributed by atoms with Gasteiger partial charge in [-0.2, -0.15) is 4.68 Å². The first-order valence-corrected chi connectivity index (χ1v) is 11.9. The molecule has 4 aliphatic carbocycles. The van der Waals surface area contributed by atoms with Crippen LogP contribution < -0.4 is 10.6 Å². The number of tetrazole rings is 1. The molecule has 1 heterocycles. The molecular weight excluding hydrogens is 412 g/mol. The molecule has 9 heteroatoms. The van der Waals surface area contributed by atoms with Crippen molar-refractivity contribution >= 4 is 23.7 Å². The molecule has 1 aromatic heterocycles. The van der Waals surface area contributed by atoms with Crippen LogP contribution >= 0.6 is 11.8 Å². The summed E-state index contributed by atoms with van der Waals surface area (Å²) in [6, 6.07) is 7.45. The highest BCUT2D eigenvalue weighted by Gasteiger charge is 2.51. The molecule has 0 aliphatic heterocycles. The van der Waals surface area contributed by atoms with Gasteiger partial charge in [0.05, 0.1) is 10.9 Å². The number of nitrogens with zero attached hydrogens (tertiary/aromatic N) is 4. The minimum absolute atomic E-state index is 0.120. The molecule has 2 aromatic rings. The van der Waals surface area contributed by atoms with E-state index in [9.17, 15) is 9.59 Å². The van der Waals surface area contributed by atoms with Gasteiger partial charge in [0, 0.05) is 5.54 Å². The standard InChI is InChI=1S/C22H28N6O2S/c1-13-4-3-5-18(6-13)28-21(25-26-27-28)31-14(2)19(29)23-20(30)24-22-10-15-7-16(11-22)9-17(8-15)12-22/h3-6,14-17H,7-12H2,1-2H3,(H2,23,24,29,30)/t14-,15?,16?,17?,22?/m0/s1. The predicted molar refractivity (Wildman–Crippen MR) is 117 cm³/mol. The Bertz CT molecular complexity index is 970. The molecule has 3 amide bonds. The number of carbonyl (C=O) groups excluding carboxylic acids is 2. The second-order valence-corrected chi connectivity index (χ2v) is 10.9. The molecule has 4 aliphatic rings. The van der Waals surface area contributed by atoms with Crippen molar-refractivity contribution in [3.63, 3.8) is 0 Å². The zero-order valence-electron chi connectivity index (χ0n) is 17.9. The van der Waals surface area contributed by atoms with Crippen LogP contribution in [0.5, 0.6) is 0 Å². The van der Waals surface area contributed by atoms with Crippen LogP contribution in [0.4, 0.5) is 4.79 Å². The number of hydrogen-bond acceptors (Lipinski definition) is 6. The Morgan fingerprint density at radius 2 is 1.84 bits per heavy atom. The number of aromatic nitrogens is 4. The van der Waals surface area contributed by atoms with Gasteiger partial charge >= 0.3 is 6.03 Å². The van der Waals surface area contributed by atoms with Crippen molar-refractivity contribution in [3.8, 4) is 5.69 Å². The van der Waals surface area contributed by atoms with E-state index in [1.165, 1.54) is 31.0 Å². The molecule has 1 atom stereocenters. The number of benzene rings is 1. The van der Waals surface area contributed by atoms with Crippen LogP contribution in [0.1, 0.15) is 51.0 Å². The minimum Gasteiger partial charge on any atom is -0.332 e. The number of rotatable bonds is 5. The summed E-state index contributed by atoms with van der Waals surface area (Å²) in [6.45, 7) is 3.76. The smallest absolute Gasteiger partial charge is 0.321 e. The van der Waals surface area contributed by atoms with Gasteiger partial charge in [0.15, 0.2) is 0 Å². The van der Waals surface area contributed by atoms with Crippen LogP contribution in [0.15, 0.2) is 29.4 Å². The molecule has 8 nitrogen and oxygen atoms in total. The van der Waals surface area contributed by atoms with Gasteiger partial charge in [0.1, 0.15) is 0 Å². The Hall–Kier alpha value is -2.42. The largest absolute Gasteiger partial charge is 0.332 e. The molecule has 6 rings (SSSR count). The third kappa shape index (κ3) is 4.20. The monoisotopic (exact) mass is 440 g/mol. The molecule has 0 unspecified atom stereocenters. The van der Waals surface area contributed by atoms with Crippen molar-refractivity contribution in [2.24, 2.45) is 17.8 Å². The number of thioether (sulfide) groups is 1. The van der Waals surface area contributed by atoms with E-state index < -0.39 is 5.25 Å². The molecule has 1 aromatic carbocycles. The second-order valence-electron chi connectivity index (χ2n) is 9.61. The van der Waals surface area contributed by atoms with Crippen molar-refractivity contribution in [2.75, 3.05) is 0 Å². The number of nitrogens with one attached hydrogen (secondary N) is 2. The number of hydrogen-bond donors (Lipinski definition) is 2. The summed E-state index contributed by atoms with van der Waals surface area (Å²) in [7, 11) is 0. The van der Waals surface area contributed by atoms with Gasteiger partial charge < -0.3 is 5.32 Å². The molecule has 31 heavy (non-hydrogen) atoms. The molecular formula is C22H28N6O2S. The molecule has 0 saturated heterocycles. The lowest BCUT2D eigenvalue weighted by molar-refractivity contribution is -0.119. The van der Waals surface area contributed by atoms with Crippen molar-refractivity contribution in [2.45, 2.75) is 68.3 Å². The van der Waals surface area contributed by atoms with Gasteiger partial charge in [-0.1, -0.05) is 23.9 Å². The zero-order valence-corrected chi connectivity index (χ0v) is 18.7. The highest BCUT2D eigenvalue weighted by molar-refractivity contribution is 8.00. The summed E-state index contributed by atoms with van der Waals surface area (Å²) < 4.78 is 1.61. The summed E-state index contributed by atoms with van der Waals surface area (Å²) in [4.78, 5) is 25.4. The van der Waals surface area contributed by atoms with Crippen molar-refractivity contribution in [3.05, 3.63) is 29.8 Å². The van der Waals surface area contributed by atoms with Crippen LogP contribution in [-0.2, 0) is 4.79 Å². The summed E-state index contributed by atoms with van der Waals surface area (Å²) in [5.74, 6) is 1.86. The maximum atomic E-state index is 12.7. The number of amides is 3. The number of urea groups is 1. The summed E-state index contributed by atoms with van der Waals surface area (Å²) in [5, 5.41) is 17.6. The average Bonchev–Trinajstić information content (AvgIpc) is 3.14. The van der Waals surface area contributed by atoms with Crippen LogP contribution in [0, 0.1) is 24.7 Å². The first kappa shape index (κ1) is 20.5. The molecule has 164 valence electrons. The van der Waals surface area contributed by atoms with Gasteiger partial charge in [-0.3, -0.25) is 10.1 Å². The van der Waals surface area contributed by atoms with Crippen LogP contribution in [0.3, 0.4) is 0 Å². The lowest BCUT2D eigenvalue weighted by atomic mass is 9.53. The summed E-state index contributed by atoms with van der Waals surface area (Å²) >= 11 is 1.23. The van der Waals surface area contributed by atoms with Crippen molar-refractivity contribution in [1.29, 1.82) is 0 Å². The van der Waals surface area contributed by atoms with Gasteiger partial charge in [-0.25, -0.2) is 4.79 Å². The Balaban J connectivity index is 1.20. The van der Waals surface area contributed by atoms with Crippen molar-refractivity contribution < 1.29 is 9.59 Å². The zero-order chi connectivity index (χ0) is 21.6. The Morgan fingerprint density at radius 3 is 2.48 bits per heavy atom. The fourth-order valence-corrected chi connectivity index (χ4v) is 6.94. The predicted octanol–water partition coefficient (Wildman–Crippen LogP) is 3.25. The third-order valence-electron chi connectivity index (χ3n) is 6.99. The van der Waals surface area contributed by atoms with Crippen LogP contribution in [0.25, 0.3) is 5.69 Å². The fourth-order valence-electron chi connectivity index (χ4n) is 6.14. The van der Waals surface area contributed by atoms with Crippen LogP contribution in [-0.4, -0.2) is 42.9 Å². The first-order valence-electron chi connectivity index (χ1n) is 11.0. The van der Waals surface area contributed by atoms with Gasteiger partial charge in [-0.15, -0.1) is 5.10 Å². The van der Waals surface area contributed by atoms with E-state index in [0.717, 1.165) is 48.3 Å². The Labute approximate surface area is 185 Å². The maximum absolute atomic E-state index is 12.7. The highest BCUT2D eigenvalue weighted by atomic mass is 32.2. The maximum Gasteiger partial charge on any atom is 0.321 e. The van der Waals surface area contributed by atoms with Crippen LogP contribution in [0.2, 0.25) is 0 Å². The van der Waals surface area contributed by atoms with E-state index in [2.05, 4.69) is 26.2 Å². The quantitative estimate of drug-likeness (QED) is 0.692. The minimum atomic E-state index is -0.517. The number of imide groups is 1. The summed E-state index contributed by atoms with van der Waals surface area (Å²) in [6.07, 6.45) is 7.09. The van der Waals surface area contributed by atoms with E-state index in [-0.39, 0.29) is 17.5 Å². The van der Waals surface area contributed by atoms with Gasteiger partial charge in [0.25, 0.3) is 0 Å². The molecule has 0 radical (unpaired) electrons. The van der Waals surface area contributed by atoms with Gasteiger partial charge in [0.2, 0.25) is 11.1 Å². The topological polar surface area (TPSA) is 102 Å². The van der Waals surface area contributed by atoms with Gasteiger partial charge in [-0.05, 0) is 98.2 Å². The van der Waals surface area contributed by atoms with E-state index in [0.29, 0.717) is 5.16 Å². The molecule has 4 bridgehead atoms. The van der Waals surface area contributed by atoms with E-state index >= 15 is 0 Å². The fraction of sp³-hybridized carbons (Fsp3) is 0.591. The third-order valence-corrected chi connectivity index (χ3v) is 8.03. The Morgan fingerprint density at radius 1 is 1.16 bits per heavy atom. The SMILES string of the molecule is Cc1cccc(-n2nnnc2S[C@@H](C)C(=O)NC(=O)NC23CC4CC(CC(C4)C2)C3)c1. The normalized spacial score (nSPS) is 29.5. The second kappa shape index (κ2) is 7.93. The molecule has 0 spiro atoms. The number of aryl methyl sites for hydroxylation is 1. The summed E-state index contributed by atoms with van der Waals surface area (Å²) in [5.41, 5.74) is 1.81. The van der Waals surface area contributed by atoms with E-state index in [1.54, 1.807) is 11.6 Å². The van der Waals surface area contributed by atoms with E-state index in [4.69, 9.17) is 0 Å². The molecule has 2 N–H and O–H groups in total. The lowest BCUT2D eigenvalue weighted by Gasteiger charge is -2.56. The highest BCUT2D eigenvalue weighted by Crippen LogP contribution is 2.55. The molecule has 4 saturated carbocycles. The number of carbonyl (C=O) groups is 2.